The van der Waals surface area contributed by atoms with Crippen LogP contribution in [0.2, 0.25) is 0 Å². The number of likely N-dealkylation sites (N-methyl/N-ethyl adjacent to an activating group) is 1. The summed E-state index contributed by atoms with van der Waals surface area (Å²) in [5, 5.41) is 0. The second kappa shape index (κ2) is 7.66. The van der Waals surface area contributed by atoms with Gasteiger partial charge < -0.3 is 14.7 Å². The summed E-state index contributed by atoms with van der Waals surface area (Å²) in [5.41, 5.74) is 2.27. The molecule has 0 amide bonds. The van der Waals surface area contributed by atoms with Crippen LogP contribution < -0.4 is 4.90 Å². The van der Waals surface area contributed by atoms with E-state index in [1.165, 1.54) is 6.07 Å². The van der Waals surface area contributed by atoms with Gasteiger partial charge in [-0.3, -0.25) is 0 Å². The molecule has 3 rings (SSSR count). The second-order valence-electron chi connectivity index (χ2n) is 6.57. The van der Waals surface area contributed by atoms with Crippen LogP contribution in [0, 0.1) is 5.82 Å². The maximum atomic E-state index is 13.9. The number of hydrogen-bond donors (Lipinski definition) is 0. The molecular weight excluding hydrogens is 315 g/mol. The normalized spacial score (nSPS) is 15.2. The molecule has 0 spiro atoms. The van der Waals surface area contributed by atoms with E-state index in [2.05, 4.69) is 23.4 Å². The Morgan fingerprint density at radius 3 is 2.56 bits per heavy atom. The standard InChI is InChI=1S/C20H25FN4/c1-16(24(3)15-17-7-4-5-8-18(17)21)19-9-6-10-20(22-19)25-13-11-23(2)12-14-25/h4-10H,1,11-15H2,2-3H3. The van der Waals surface area contributed by atoms with Gasteiger partial charge in [0, 0.05) is 45.3 Å². The van der Waals surface area contributed by atoms with Crippen LogP contribution in [0.4, 0.5) is 10.2 Å². The zero-order chi connectivity index (χ0) is 17.8. The van der Waals surface area contributed by atoms with Crippen molar-refractivity contribution < 1.29 is 4.39 Å². The molecule has 1 aromatic heterocycles. The third-order valence-corrected chi connectivity index (χ3v) is 4.68. The third kappa shape index (κ3) is 4.17. The molecule has 0 bridgehead atoms. The maximum Gasteiger partial charge on any atom is 0.129 e. The van der Waals surface area contributed by atoms with E-state index in [4.69, 9.17) is 4.98 Å². The molecule has 0 aliphatic carbocycles. The molecule has 0 N–H and O–H groups in total. The van der Waals surface area contributed by atoms with Crippen molar-refractivity contribution in [1.29, 1.82) is 0 Å². The summed E-state index contributed by atoms with van der Waals surface area (Å²) in [6.45, 7) is 8.66. The quantitative estimate of drug-likeness (QED) is 0.834. The molecule has 5 heteroatoms. The highest BCUT2D eigenvalue weighted by Gasteiger charge is 2.16. The monoisotopic (exact) mass is 340 g/mol. The van der Waals surface area contributed by atoms with Crippen LogP contribution in [0.25, 0.3) is 5.70 Å². The van der Waals surface area contributed by atoms with Gasteiger partial charge in [-0.1, -0.05) is 30.8 Å². The van der Waals surface area contributed by atoms with E-state index in [1.54, 1.807) is 12.1 Å². The van der Waals surface area contributed by atoms with Crippen molar-refractivity contribution in [2.75, 3.05) is 45.2 Å². The fraction of sp³-hybridized carbons (Fsp3) is 0.350. The first-order valence-corrected chi connectivity index (χ1v) is 8.59. The number of hydrogen-bond acceptors (Lipinski definition) is 4. The van der Waals surface area contributed by atoms with Gasteiger partial charge in [0.15, 0.2) is 0 Å². The Bertz CT molecular complexity index is 738. The summed E-state index contributed by atoms with van der Waals surface area (Å²) in [6, 6.07) is 12.8. The fourth-order valence-electron chi connectivity index (χ4n) is 2.97. The van der Waals surface area contributed by atoms with Gasteiger partial charge in [0.25, 0.3) is 0 Å². The summed E-state index contributed by atoms with van der Waals surface area (Å²) >= 11 is 0. The maximum absolute atomic E-state index is 13.9. The fourth-order valence-corrected chi connectivity index (χ4v) is 2.97. The van der Waals surface area contributed by atoms with Gasteiger partial charge in [-0.2, -0.15) is 0 Å². The van der Waals surface area contributed by atoms with Crippen LogP contribution >= 0.6 is 0 Å². The highest BCUT2D eigenvalue weighted by atomic mass is 19.1. The van der Waals surface area contributed by atoms with Crippen LogP contribution in [0.15, 0.2) is 49.0 Å². The minimum atomic E-state index is -0.193. The van der Waals surface area contributed by atoms with Gasteiger partial charge in [0.05, 0.1) is 11.4 Å². The highest BCUT2D eigenvalue weighted by molar-refractivity contribution is 5.60. The molecule has 132 valence electrons. The number of rotatable bonds is 5. The molecule has 4 nitrogen and oxygen atoms in total. The third-order valence-electron chi connectivity index (χ3n) is 4.68. The highest BCUT2D eigenvalue weighted by Crippen LogP contribution is 2.21. The van der Waals surface area contributed by atoms with Gasteiger partial charge in [0.2, 0.25) is 0 Å². The van der Waals surface area contributed by atoms with Crippen molar-refractivity contribution in [3.05, 3.63) is 66.1 Å². The molecular formula is C20H25FN4. The Labute approximate surface area is 149 Å². The molecule has 1 saturated heterocycles. The predicted octanol–water partition coefficient (Wildman–Crippen LogP) is 3.08. The van der Waals surface area contributed by atoms with Gasteiger partial charge in [-0.05, 0) is 25.2 Å². The van der Waals surface area contributed by atoms with Crippen molar-refractivity contribution in [1.82, 2.24) is 14.8 Å². The van der Waals surface area contributed by atoms with E-state index in [1.807, 2.05) is 36.2 Å². The number of halogens is 1. The zero-order valence-electron chi connectivity index (χ0n) is 15.0. The molecule has 1 aliphatic heterocycles. The predicted molar refractivity (Wildman–Crippen MR) is 101 cm³/mol. The van der Waals surface area contributed by atoms with Crippen molar-refractivity contribution in [2.24, 2.45) is 0 Å². The van der Waals surface area contributed by atoms with Crippen molar-refractivity contribution >= 4 is 11.5 Å². The average Bonchev–Trinajstić information content (AvgIpc) is 2.63. The largest absolute Gasteiger partial charge is 0.369 e. The Morgan fingerprint density at radius 1 is 1.12 bits per heavy atom. The summed E-state index contributed by atoms with van der Waals surface area (Å²) in [7, 11) is 4.06. The number of nitrogens with zero attached hydrogens (tertiary/aromatic N) is 4. The van der Waals surface area contributed by atoms with Crippen molar-refractivity contribution in [2.45, 2.75) is 6.54 Å². The number of piperazine rings is 1. The van der Waals surface area contributed by atoms with Gasteiger partial charge in [-0.15, -0.1) is 0 Å². The van der Waals surface area contributed by atoms with E-state index in [0.29, 0.717) is 12.1 Å². The van der Waals surface area contributed by atoms with E-state index < -0.39 is 0 Å². The molecule has 0 unspecified atom stereocenters. The number of benzene rings is 1. The van der Waals surface area contributed by atoms with E-state index in [0.717, 1.165) is 43.4 Å². The lowest BCUT2D eigenvalue weighted by molar-refractivity contribution is 0.312. The van der Waals surface area contributed by atoms with Gasteiger partial charge >= 0.3 is 0 Å². The lowest BCUT2D eigenvalue weighted by Crippen LogP contribution is -2.44. The van der Waals surface area contributed by atoms with Gasteiger partial charge in [-0.25, -0.2) is 9.37 Å². The van der Waals surface area contributed by atoms with Crippen molar-refractivity contribution in [3.8, 4) is 0 Å². The van der Waals surface area contributed by atoms with Crippen LogP contribution in [0.1, 0.15) is 11.3 Å². The van der Waals surface area contributed by atoms with Crippen molar-refractivity contribution in [3.63, 3.8) is 0 Å². The molecule has 0 saturated carbocycles. The molecule has 0 radical (unpaired) electrons. The van der Waals surface area contributed by atoms with Gasteiger partial charge in [0.1, 0.15) is 11.6 Å². The van der Waals surface area contributed by atoms with Crippen LogP contribution in [0.5, 0.6) is 0 Å². The summed E-state index contributed by atoms with van der Waals surface area (Å²) in [5.74, 6) is 0.785. The zero-order valence-corrected chi connectivity index (χ0v) is 15.0. The minimum Gasteiger partial charge on any atom is -0.369 e. The summed E-state index contributed by atoms with van der Waals surface area (Å²) < 4.78 is 13.9. The molecule has 25 heavy (non-hydrogen) atoms. The minimum absolute atomic E-state index is 0.193. The summed E-state index contributed by atoms with van der Waals surface area (Å²) in [4.78, 5) is 11.3. The molecule has 2 aromatic rings. The van der Waals surface area contributed by atoms with Crippen LogP contribution in [-0.2, 0) is 6.54 Å². The first-order valence-electron chi connectivity index (χ1n) is 8.59. The van der Waals surface area contributed by atoms with Crippen LogP contribution in [0.3, 0.4) is 0 Å². The summed E-state index contributed by atoms with van der Waals surface area (Å²) in [6.07, 6.45) is 0. The van der Waals surface area contributed by atoms with Crippen LogP contribution in [-0.4, -0.2) is 55.1 Å². The smallest absolute Gasteiger partial charge is 0.129 e. The topological polar surface area (TPSA) is 22.6 Å². The molecule has 1 fully saturated rings. The number of pyridine rings is 1. The molecule has 1 aliphatic rings. The molecule has 0 atom stereocenters. The first kappa shape index (κ1) is 17.4. The average molecular weight is 340 g/mol. The number of anilines is 1. The lowest BCUT2D eigenvalue weighted by Gasteiger charge is -2.33. The van der Waals surface area contributed by atoms with E-state index in [9.17, 15) is 4.39 Å². The molecule has 1 aromatic carbocycles. The Hall–Kier alpha value is -2.40. The SMILES string of the molecule is C=C(c1cccc(N2CCN(C)CC2)n1)N(C)Cc1ccccc1F. The lowest BCUT2D eigenvalue weighted by atomic mass is 10.2. The second-order valence-corrected chi connectivity index (χ2v) is 6.57. The Kier molecular flexibility index (Phi) is 5.34. The first-order chi connectivity index (χ1) is 12.0. The van der Waals surface area contributed by atoms with E-state index >= 15 is 0 Å². The number of aromatic nitrogens is 1. The van der Waals surface area contributed by atoms with E-state index in [-0.39, 0.29) is 5.82 Å². The molecule has 2 heterocycles. The Balaban J connectivity index is 1.71. The Morgan fingerprint density at radius 2 is 1.84 bits per heavy atom.